The van der Waals surface area contributed by atoms with Crippen LogP contribution in [0.4, 0.5) is 9.52 Å². The van der Waals surface area contributed by atoms with Crippen molar-refractivity contribution in [2.24, 2.45) is 0 Å². The number of ether oxygens (including phenoxy) is 1. The van der Waals surface area contributed by atoms with Gasteiger partial charge in [-0.05, 0) is 29.3 Å². The molecule has 0 fully saturated rings. The van der Waals surface area contributed by atoms with Crippen LogP contribution in [0, 0.1) is 5.82 Å². The SMILES string of the molecule is COc1ccc(CCNc2nnns2)cc1F. The van der Waals surface area contributed by atoms with Crippen molar-refractivity contribution in [2.75, 3.05) is 19.0 Å². The molecule has 0 aliphatic rings. The molecule has 7 heteroatoms. The van der Waals surface area contributed by atoms with Crippen LogP contribution in [0.5, 0.6) is 5.75 Å². The number of nitrogens with zero attached hydrogens (tertiary/aromatic N) is 3. The van der Waals surface area contributed by atoms with Gasteiger partial charge in [0.25, 0.3) is 0 Å². The van der Waals surface area contributed by atoms with E-state index in [1.54, 1.807) is 6.07 Å². The Morgan fingerprint density at radius 2 is 2.35 bits per heavy atom. The molecule has 1 N–H and O–H groups in total. The molecule has 1 aromatic heterocycles. The zero-order valence-electron chi connectivity index (χ0n) is 9.18. The monoisotopic (exact) mass is 254 g/mol. The van der Waals surface area contributed by atoms with Gasteiger partial charge >= 0.3 is 0 Å². The Morgan fingerprint density at radius 3 is 3.00 bits per heavy atom. The van der Waals surface area contributed by atoms with Crippen molar-refractivity contribution in [2.45, 2.75) is 6.42 Å². The molecule has 0 bridgehead atoms. The second-order valence-corrected chi connectivity index (χ2v) is 4.05. The van der Waals surface area contributed by atoms with Crippen molar-refractivity contribution in [3.05, 3.63) is 29.6 Å². The largest absolute Gasteiger partial charge is 0.494 e. The number of hydrogen-bond acceptors (Lipinski definition) is 6. The number of hydrogen-bond donors (Lipinski definition) is 1. The summed E-state index contributed by atoms with van der Waals surface area (Å²) in [6, 6.07) is 4.93. The molecular weight excluding hydrogens is 243 g/mol. The van der Waals surface area contributed by atoms with Gasteiger partial charge in [0.15, 0.2) is 11.6 Å². The first kappa shape index (κ1) is 11.7. The number of aromatic nitrogens is 3. The smallest absolute Gasteiger partial charge is 0.225 e. The van der Waals surface area contributed by atoms with E-state index in [9.17, 15) is 4.39 Å². The third kappa shape index (κ3) is 3.10. The van der Waals surface area contributed by atoms with E-state index in [1.165, 1.54) is 24.7 Å². The van der Waals surface area contributed by atoms with E-state index in [0.29, 0.717) is 18.1 Å². The number of nitrogens with one attached hydrogen (secondary N) is 1. The minimum Gasteiger partial charge on any atom is -0.494 e. The van der Waals surface area contributed by atoms with E-state index >= 15 is 0 Å². The number of halogens is 1. The zero-order valence-corrected chi connectivity index (χ0v) is 10.00. The standard InChI is InChI=1S/C10H11FN4OS/c1-16-9-3-2-7(6-8(9)11)4-5-12-10-13-14-15-17-10/h2-3,6H,4-5H2,1H3,(H,12,13,15). The summed E-state index contributed by atoms with van der Waals surface area (Å²) in [5.74, 6) is -0.0855. The van der Waals surface area contributed by atoms with Crippen molar-refractivity contribution in [3.63, 3.8) is 0 Å². The summed E-state index contributed by atoms with van der Waals surface area (Å²) in [5, 5.41) is 10.9. The highest BCUT2D eigenvalue weighted by atomic mass is 32.1. The average molecular weight is 254 g/mol. The van der Waals surface area contributed by atoms with Gasteiger partial charge in [-0.3, -0.25) is 0 Å². The predicted molar refractivity (Wildman–Crippen MR) is 62.8 cm³/mol. The van der Waals surface area contributed by atoms with Crippen molar-refractivity contribution in [1.82, 2.24) is 14.8 Å². The lowest BCUT2D eigenvalue weighted by Crippen LogP contribution is -2.05. The van der Waals surface area contributed by atoms with Crippen LogP contribution in [0.25, 0.3) is 0 Å². The minimum atomic E-state index is -0.345. The molecule has 2 rings (SSSR count). The fraction of sp³-hybridized carbons (Fsp3) is 0.300. The van der Waals surface area contributed by atoms with Crippen LogP contribution in [0.15, 0.2) is 18.2 Å². The van der Waals surface area contributed by atoms with Gasteiger partial charge < -0.3 is 10.1 Å². The van der Waals surface area contributed by atoms with E-state index in [1.807, 2.05) is 6.07 Å². The molecular formula is C10H11FN4OS. The van der Waals surface area contributed by atoms with Gasteiger partial charge in [0.2, 0.25) is 5.13 Å². The molecule has 1 heterocycles. The number of rotatable bonds is 5. The van der Waals surface area contributed by atoms with Crippen LogP contribution >= 0.6 is 11.5 Å². The highest BCUT2D eigenvalue weighted by molar-refractivity contribution is 7.09. The number of anilines is 1. The van der Waals surface area contributed by atoms with Crippen LogP contribution < -0.4 is 10.1 Å². The summed E-state index contributed by atoms with van der Waals surface area (Å²) in [6.45, 7) is 0.655. The molecule has 0 saturated carbocycles. The van der Waals surface area contributed by atoms with E-state index in [-0.39, 0.29) is 11.6 Å². The van der Waals surface area contributed by atoms with Crippen LogP contribution in [0.2, 0.25) is 0 Å². The van der Waals surface area contributed by atoms with Crippen molar-refractivity contribution >= 4 is 16.7 Å². The van der Waals surface area contributed by atoms with E-state index < -0.39 is 0 Å². The highest BCUT2D eigenvalue weighted by Gasteiger charge is 2.03. The molecule has 0 radical (unpaired) electrons. The maximum absolute atomic E-state index is 13.4. The molecule has 2 aromatic rings. The summed E-state index contributed by atoms with van der Waals surface area (Å²) in [5.41, 5.74) is 0.897. The Balaban J connectivity index is 1.89. The molecule has 0 unspecified atom stereocenters. The van der Waals surface area contributed by atoms with Crippen LogP contribution in [0.3, 0.4) is 0 Å². The summed E-state index contributed by atoms with van der Waals surface area (Å²) in [7, 11) is 1.45. The molecule has 0 spiro atoms. The zero-order chi connectivity index (χ0) is 12.1. The van der Waals surface area contributed by atoms with E-state index in [0.717, 1.165) is 5.56 Å². The Bertz CT molecular complexity index is 477. The second-order valence-electron chi connectivity index (χ2n) is 3.31. The van der Waals surface area contributed by atoms with Crippen LogP contribution in [-0.4, -0.2) is 28.5 Å². The highest BCUT2D eigenvalue weighted by Crippen LogP contribution is 2.18. The molecule has 90 valence electrons. The Morgan fingerprint density at radius 1 is 1.47 bits per heavy atom. The number of benzene rings is 1. The van der Waals surface area contributed by atoms with Crippen LogP contribution in [-0.2, 0) is 6.42 Å². The van der Waals surface area contributed by atoms with Gasteiger partial charge in [-0.25, -0.2) is 4.39 Å². The normalized spacial score (nSPS) is 10.2. The Labute approximate surface area is 102 Å². The Hall–Kier alpha value is -1.76. The summed E-state index contributed by atoms with van der Waals surface area (Å²) in [6.07, 6.45) is 0.695. The summed E-state index contributed by atoms with van der Waals surface area (Å²) in [4.78, 5) is 0. The van der Waals surface area contributed by atoms with Crippen molar-refractivity contribution in [3.8, 4) is 5.75 Å². The third-order valence-electron chi connectivity index (χ3n) is 2.21. The number of methoxy groups -OCH3 is 1. The molecule has 5 nitrogen and oxygen atoms in total. The lowest BCUT2D eigenvalue weighted by molar-refractivity contribution is 0.386. The first-order valence-electron chi connectivity index (χ1n) is 5.01. The third-order valence-corrected chi connectivity index (χ3v) is 2.76. The van der Waals surface area contributed by atoms with Gasteiger partial charge in [0, 0.05) is 18.1 Å². The first-order chi connectivity index (χ1) is 8.29. The lowest BCUT2D eigenvalue weighted by Gasteiger charge is -2.05. The summed E-state index contributed by atoms with van der Waals surface area (Å²) >= 11 is 1.19. The molecule has 0 aliphatic heterocycles. The van der Waals surface area contributed by atoms with Gasteiger partial charge in [-0.2, -0.15) is 0 Å². The van der Waals surface area contributed by atoms with Crippen molar-refractivity contribution < 1.29 is 9.13 Å². The molecule has 0 atom stereocenters. The topological polar surface area (TPSA) is 59.9 Å². The fourth-order valence-electron chi connectivity index (χ4n) is 1.38. The quantitative estimate of drug-likeness (QED) is 0.880. The minimum absolute atomic E-state index is 0.259. The van der Waals surface area contributed by atoms with Gasteiger partial charge in [-0.1, -0.05) is 15.7 Å². The second kappa shape index (κ2) is 5.53. The lowest BCUT2D eigenvalue weighted by atomic mass is 10.1. The molecule has 1 aromatic carbocycles. The Kier molecular flexibility index (Phi) is 3.81. The van der Waals surface area contributed by atoms with Crippen LogP contribution in [0.1, 0.15) is 5.56 Å². The van der Waals surface area contributed by atoms with Gasteiger partial charge in [-0.15, -0.1) is 0 Å². The fourth-order valence-corrected chi connectivity index (χ4v) is 1.77. The maximum Gasteiger partial charge on any atom is 0.225 e. The summed E-state index contributed by atoms with van der Waals surface area (Å²) < 4.78 is 21.8. The van der Waals surface area contributed by atoms with E-state index in [2.05, 4.69) is 20.1 Å². The van der Waals surface area contributed by atoms with Crippen molar-refractivity contribution in [1.29, 1.82) is 0 Å². The average Bonchev–Trinajstić information content (AvgIpc) is 2.82. The first-order valence-corrected chi connectivity index (χ1v) is 5.78. The molecule has 0 aliphatic carbocycles. The molecule has 0 saturated heterocycles. The molecule has 0 amide bonds. The molecule has 17 heavy (non-hydrogen) atoms. The predicted octanol–water partition coefficient (Wildman–Crippen LogP) is 1.74. The van der Waals surface area contributed by atoms with Gasteiger partial charge in [0.05, 0.1) is 7.11 Å². The van der Waals surface area contributed by atoms with E-state index in [4.69, 9.17) is 4.74 Å². The maximum atomic E-state index is 13.4. The van der Waals surface area contributed by atoms with Gasteiger partial charge in [0.1, 0.15) is 0 Å².